The van der Waals surface area contributed by atoms with Gasteiger partial charge in [0.05, 0.1) is 12.7 Å². The van der Waals surface area contributed by atoms with Crippen molar-refractivity contribution in [3.8, 4) is 0 Å². The summed E-state index contributed by atoms with van der Waals surface area (Å²) in [7, 11) is 0. The first kappa shape index (κ1) is 13.3. The van der Waals surface area contributed by atoms with Crippen molar-refractivity contribution in [2.75, 3.05) is 45.9 Å². The number of nitrogens with one attached hydrogen (secondary N) is 1. The van der Waals surface area contributed by atoms with E-state index >= 15 is 0 Å². The van der Waals surface area contributed by atoms with E-state index in [4.69, 9.17) is 4.74 Å². The van der Waals surface area contributed by atoms with Crippen molar-refractivity contribution in [3.05, 3.63) is 0 Å². The maximum absolute atomic E-state index is 9.89. The molecule has 0 aromatic heterocycles. The van der Waals surface area contributed by atoms with Gasteiger partial charge in [0, 0.05) is 39.3 Å². The minimum atomic E-state index is -0.325. The molecule has 0 amide bonds. The van der Waals surface area contributed by atoms with Gasteiger partial charge in [-0.15, -0.1) is 0 Å². The summed E-state index contributed by atoms with van der Waals surface area (Å²) in [5.74, 6) is 0.751. The zero-order valence-electron chi connectivity index (χ0n) is 10.7. The molecule has 1 aliphatic carbocycles. The second-order valence-electron chi connectivity index (χ2n) is 5.39. The van der Waals surface area contributed by atoms with Gasteiger partial charge in [0.2, 0.25) is 0 Å². The van der Waals surface area contributed by atoms with E-state index in [2.05, 4.69) is 10.2 Å². The highest BCUT2D eigenvalue weighted by atomic mass is 16.5. The van der Waals surface area contributed by atoms with Gasteiger partial charge in [-0.25, -0.2) is 0 Å². The molecule has 100 valence electrons. The smallest absolute Gasteiger partial charge is 0.0900 e. The quantitative estimate of drug-likeness (QED) is 0.710. The van der Waals surface area contributed by atoms with E-state index in [1.807, 2.05) is 0 Å². The Morgan fingerprint density at radius 1 is 1.24 bits per heavy atom. The SMILES string of the molecule is OC(COCC1CCCC1)CN1CCNCC1. The first-order valence-electron chi connectivity index (χ1n) is 7.03. The topological polar surface area (TPSA) is 44.7 Å². The molecule has 1 saturated heterocycles. The Labute approximate surface area is 104 Å². The fraction of sp³-hybridized carbons (Fsp3) is 1.00. The second kappa shape index (κ2) is 7.31. The summed E-state index contributed by atoms with van der Waals surface area (Å²) in [5.41, 5.74) is 0. The molecular formula is C13H26N2O2. The number of β-amino-alcohol motifs (C(OH)–C–C–N with tert-alkyl or cyclic N) is 1. The minimum absolute atomic E-state index is 0.325. The Morgan fingerprint density at radius 3 is 2.65 bits per heavy atom. The molecule has 1 saturated carbocycles. The number of hydrogen-bond acceptors (Lipinski definition) is 4. The lowest BCUT2D eigenvalue weighted by molar-refractivity contribution is 0.00377. The maximum atomic E-state index is 9.89. The molecule has 0 aromatic rings. The van der Waals surface area contributed by atoms with Gasteiger partial charge in [-0.3, -0.25) is 4.90 Å². The molecule has 2 aliphatic rings. The van der Waals surface area contributed by atoms with Gasteiger partial charge in [0.25, 0.3) is 0 Å². The first-order chi connectivity index (χ1) is 8.34. The number of rotatable bonds is 6. The van der Waals surface area contributed by atoms with Crippen LogP contribution < -0.4 is 5.32 Å². The van der Waals surface area contributed by atoms with Crippen LogP contribution in [-0.4, -0.2) is 62.0 Å². The fourth-order valence-corrected chi connectivity index (χ4v) is 2.79. The third-order valence-corrected chi connectivity index (χ3v) is 3.82. The number of piperazine rings is 1. The van der Waals surface area contributed by atoms with Crippen molar-refractivity contribution in [2.24, 2.45) is 5.92 Å². The predicted molar refractivity (Wildman–Crippen MR) is 68.1 cm³/mol. The standard InChI is InChI=1S/C13H26N2O2/c16-13(9-15-7-5-14-6-8-15)11-17-10-12-3-1-2-4-12/h12-14,16H,1-11H2. The highest BCUT2D eigenvalue weighted by Gasteiger charge is 2.17. The predicted octanol–water partition coefficient (Wildman–Crippen LogP) is 0.459. The fourth-order valence-electron chi connectivity index (χ4n) is 2.79. The van der Waals surface area contributed by atoms with Crippen molar-refractivity contribution < 1.29 is 9.84 Å². The van der Waals surface area contributed by atoms with Crippen LogP contribution in [0, 0.1) is 5.92 Å². The van der Waals surface area contributed by atoms with E-state index in [9.17, 15) is 5.11 Å². The van der Waals surface area contributed by atoms with Crippen LogP contribution in [0.1, 0.15) is 25.7 Å². The molecule has 1 atom stereocenters. The molecule has 4 nitrogen and oxygen atoms in total. The zero-order chi connectivity index (χ0) is 11.9. The van der Waals surface area contributed by atoms with Crippen LogP contribution in [0.15, 0.2) is 0 Å². The molecule has 4 heteroatoms. The van der Waals surface area contributed by atoms with Crippen molar-refractivity contribution in [1.82, 2.24) is 10.2 Å². The molecule has 0 bridgehead atoms. The van der Waals surface area contributed by atoms with Crippen molar-refractivity contribution in [3.63, 3.8) is 0 Å². The Morgan fingerprint density at radius 2 is 1.94 bits per heavy atom. The molecule has 2 fully saturated rings. The Hall–Kier alpha value is -0.160. The normalized spacial score (nSPS) is 25.2. The Bertz CT molecular complexity index is 202. The summed E-state index contributed by atoms with van der Waals surface area (Å²) >= 11 is 0. The van der Waals surface area contributed by atoms with E-state index < -0.39 is 0 Å². The van der Waals surface area contributed by atoms with Crippen molar-refractivity contribution in [2.45, 2.75) is 31.8 Å². The zero-order valence-corrected chi connectivity index (χ0v) is 10.7. The average molecular weight is 242 g/mol. The lowest BCUT2D eigenvalue weighted by Crippen LogP contribution is -2.47. The first-order valence-corrected chi connectivity index (χ1v) is 7.03. The number of hydrogen-bond donors (Lipinski definition) is 2. The molecule has 0 aromatic carbocycles. The molecule has 17 heavy (non-hydrogen) atoms. The maximum Gasteiger partial charge on any atom is 0.0900 e. The molecule has 1 unspecified atom stereocenters. The van der Waals surface area contributed by atoms with Gasteiger partial charge in [-0.1, -0.05) is 12.8 Å². The highest BCUT2D eigenvalue weighted by molar-refractivity contribution is 4.71. The summed E-state index contributed by atoms with van der Waals surface area (Å²) in [6, 6.07) is 0. The summed E-state index contributed by atoms with van der Waals surface area (Å²) in [6.07, 6.45) is 5.02. The largest absolute Gasteiger partial charge is 0.389 e. The van der Waals surface area contributed by atoms with E-state index in [0.717, 1.165) is 45.2 Å². The number of ether oxygens (including phenoxy) is 1. The van der Waals surface area contributed by atoms with Gasteiger partial charge < -0.3 is 15.2 Å². The Balaban J connectivity index is 1.52. The van der Waals surface area contributed by atoms with Crippen LogP contribution in [0.2, 0.25) is 0 Å². The molecule has 0 spiro atoms. The molecule has 2 rings (SSSR count). The van der Waals surface area contributed by atoms with Crippen LogP contribution >= 0.6 is 0 Å². The van der Waals surface area contributed by atoms with Crippen LogP contribution in [0.3, 0.4) is 0 Å². The lowest BCUT2D eigenvalue weighted by Gasteiger charge is -2.29. The van der Waals surface area contributed by atoms with E-state index in [-0.39, 0.29) is 6.10 Å². The van der Waals surface area contributed by atoms with Gasteiger partial charge in [0.15, 0.2) is 0 Å². The summed E-state index contributed by atoms with van der Waals surface area (Å²) in [5, 5.41) is 13.2. The van der Waals surface area contributed by atoms with Crippen molar-refractivity contribution >= 4 is 0 Å². The van der Waals surface area contributed by atoms with Crippen molar-refractivity contribution in [1.29, 1.82) is 0 Å². The van der Waals surface area contributed by atoms with Gasteiger partial charge in [-0.05, 0) is 18.8 Å². The molecule has 0 radical (unpaired) electrons. The Kier molecular flexibility index (Phi) is 5.71. The van der Waals surface area contributed by atoms with E-state index in [0.29, 0.717) is 6.61 Å². The van der Waals surface area contributed by atoms with E-state index in [1.54, 1.807) is 0 Å². The molecule has 1 aliphatic heterocycles. The number of aliphatic hydroxyl groups is 1. The summed E-state index contributed by atoms with van der Waals surface area (Å²) in [6.45, 7) is 6.26. The van der Waals surface area contributed by atoms with Gasteiger partial charge >= 0.3 is 0 Å². The number of nitrogens with zero attached hydrogens (tertiary/aromatic N) is 1. The summed E-state index contributed by atoms with van der Waals surface area (Å²) in [4.78, 5) is 2.31. The lowest BCUT2D eigenvalue weighted by atomic mass is 10.1. The van der Waals surface area contributed by atoms with Crippen LogP contribution in [0.25, 0.3) is 0 Å². The van der Waals surface area contributed by atoms with Crippen LogP contribution in [0.5, 0.6) is 0 Å². The molecular weight excluding hydrogens is 216 g/mol. The highest BCUT2D eigenvalue weighted by Crippen LogP contribution is 2.24. The third kappa shape index (κ3) is 4.92. The van der Waals surface area contributed by atoms with E-state index in [1.165, 1.54) is 25.7 Å². The van der Waals surface area contributed by atoms with Gasteiger partial charge in [0.1, 0.15) is 0 Å². The van der Waals surface area contributed by atoms with Crippen LogP contribution in [-0.2, 0) is 4.74 Å². The molecule has 1 heterocycles. The summed E-state index contributed by atoms with van der Waals surface area (Å²) < 4.78 is 5.63. The second-order valence-corrected chi connectivity index (χ2v) is 5.39. The molecule has 2 N–H and O–H groups in total. The number of aliphatic hydroxyl groups excluding tert-OH is 1. The minimum Gasteiger partial charge on any atom is -0.389 e. The average Bonchev–Trinajstić information content (AvgIpc) is 2.83. The monoisotopic (exact) mass is 242 g/mol. The van der Waals surface area contributed by atoms with Crippen LogP contribution in [0.4, 0.5) is 0 Å². The third-order valence-electron chi connectivity index (χ3n) is 3.82. The van der Waals surface area contributed by atoms with Gasteiger partial charge in [-0.2, -0.15) is 0 Å².